The molecule has 0 spiro atoms. The number of halogens is 1. The third-order valence-corrected chi connectivity index (χ3v) is 3.36. The van der Waals surface area contributed by atoms with Gasteiger partial charge in [0, 0.05) is 12.0 Å². The summed E-state index contributed by atoms with van der Waals surface area (Å²) in [6.07, 6.45) is 0. The number of carbonyl (C=O) groups excluding carboxylic acids is 1. The van der Waals surface area contributed by atoms with Crippen LogP contribution in [0.2, 0.25) is 0 Å². The molecule has 2 aromatic rings. The van der Waals surface area contributed by atoms with Crippen molar-refractivity contribution in [3.8, 4) is 0 Å². The summed E-state index contributed by atoms with van der Waals surface area (Å²) in [5.74, 6) is -2.40. The standard InChI is InChI=1S/C16H16FNO4/c1-16(2,10-3-5-11(17)6-4-10)9-18-14(19)12-7-8-13(22-12)15(20)21/h3-8H,9H2,1-2H3,(H,18,19)(H,20,21). The molecule has 5 nitrogen and oxygen atoms in total. The summed E-state index contributed by atoms with van der Waals surface area (Å²) in [4.78, 5) is 22.7. The van der Waals surface area contributed by atoms with Gasteiger partial charge < -0.3 is 14.8 Å². The highest BCUT2D eigenvalue weighted by atomic mass is 19.1. The number of furan rings is 1. The lowest BCUT2D eigenvalue weighted by Crippen LogP contribution is -2.36. The molecule has 2 N–H and O–H groups in total. The summed E-state index contributed by atoms with van der Waals surface area (Å²) >= 11 is 0. The van der Waals surface area contributed by atoms with Crippen LogP contribution in [0, 0.1) is 5.82 Å². The quantitative estimate of drug-likeness (QED) is 0.890. The molecule has 0 aliphatic rings. The van der Waals surface area contributed by atoms with Crippen LogP contribution in [-0.2, 0) is 5.41 Å². The molecule has 1 aromatic carbocycles. The van der Waals surface area contributed by atoms with E-state index >= 15 is 0 Å². The third kappa shape index (κ3) is 3.52. The zero-order valence-corrected chi connectivity index (χ0v) is 12.2. The van der Waals surface area contributed by atoms with Gasteiger partial charge in [-0.25, -0.2) is 9.18 Å². The smallest absolute Gasteiger partial charge is 0.371 e. The van der Waals surface area contributed by atoms with E-state index in [9.17, 15) is 14.0 Å². The molecule has 0 fully saturated rings. The maximum atomic E-state index is 12.9. The van der Waals surface area contributed by atoms with Crippen molar-refractivity contribution in [3.05, 3.63) is 59.3 Å². The molecule has 0 unspecified atom stereocenters. The van der Waals surface area contributed by atoms with Crippen LogP contribution in [0.15, 0.2) is 40.8 Å². The Morgan fingerprint density at radius 3 is 2.27 bits per heavy atom. The fraction of sp³-hybridized carbons (Fsp3) is 0.250. The summed E-state index contributed by atoms with van der Waals surface area (Å²) in [5.41, 5.74) is 0.464. The Morgan fingerprint density at radius 1 is 1.14 bits per heavy atom. The highest BCUT2D eigenvalue weighted by Crippen LogP contribution is 2.22. The second-order valence-corrected chi connectivity index (χ2v) is 5.54. The van der Waals surface area contributed by atoms with Gasteiger partial charge >= 0.3 is 5.97 Å². The molecule has 0 bridgehead atoms. The summed E-state index contributed by atoms with van der Waals surface area (Å²) in [6, 6.07) is 8.59. The van der Waals surface area contributed by atoms with Gasteiger partial charge in [0.15, 0.2) is 5.76 Å². The topological polar surface area (TPSA) is 79.5 Å². The van der Waals surface area contributed by atoms with Gasteiger partial charge in [-0.15, -0.1) is 0 Å². The first-order chi connectivity index (χ1) is 10.3. The number of carboxylic acid groups (broad SMARTS) is 1. The van der Waals surface area contributed by atoms with Crippen molar-refractivity contribution in [2.45, 2.75) is 19.3 Å². The van der Waals surface area contributed by atoms with Gasteiger partial charge in [-0.1, -0.05) is 26.0 Å². The van der Waals surface area contributed by atoms with Gasteiger partial charge in [-0.3, -0.25) is 4.79 Å². The van der Waals surface area contributed by atoms with E-state index in [0.717, 1.165) is 5.56 Å². The predicted octanol–water partition coefficient (Wildman–Crippen LogP) is 2.82. The number of carbonyl (C=O) groups is 2. The maximum Gasteiger partial charge on any atom is 0.371 e. The van der Waals surface area contributed by atoms with Crippen molar-refractivity contribution < 1.29 is 23.5 Å². The van der Waals surface area contributed by atoms with E-state index in [1.54, 1.807) is 12.1 Å². The van der Waals surface area contributed by atoms with Gasteiger partial charge in [-0.2, -0.15) is 0 Å². The molecule has 1 amide bonds. The summed E-state index contributed by atoms with van der Waals surface area (Å²) in [6.45, 7) is 4.11. The van der Waals surface area contributed by atoms with Crippen LogP contribution < -0.4 is 5.32 Å². The molecule has 22 heavy (non-hydrogen) atoms. The molecule has 0 saturated carbocycles. The highest BCUT2D eigenvalue weighted by Gasteiger charge is 2.23. The van der Waals surface area contributed by atoms with Crippen molar-refractivity contribution >= 4 is 11.9 Å². The Bertz CT molecular complexity index is 688. The van der Waals surface area contributed by atoms with Crippen LogP contribution in [0.4, 0.5) is 4.39 Å². The lowest BCUT2D eigenvalue weighted by Gasteiger charge is -2.25. The first-order valence-corrected chi connectivity index (χ1v) is 6.67. The third-order valence-electron chi connectivity index (χ3n) is 3.36. The summed E-state index contributed by atoms with van der Waals surface area (Å²) in [7, 11) is 0. The fourth-order valence-electron chi connectivity index (χ4n) is 1.97. The van der Waals surface area contributed by atoms with E-state index in [1.807, 2.05) is 13.8 Å². The molecule has 0 aliphatic heterocycles. The van der Waals surface area contributed by atoms with E-state index in [-0.39, 0.29) is 17.3 Å². The first kappa shape index (κ1) is 15.8. The normalized spacial score (nSPS) is 11.2. The van der Waals surface area contributed by atoms with E-state index in [1.165, 1.54) is 24.3 Å². The number of amides is 1. The van der Waals surface area contributed by atoms with E-state index in [2.05, 4.69) is 5.32 Å². The number of hydrogen-bond donors (Lipinski definition) is 2. The van der Waals surface area contributed by atoms with Crippen LogP contribution in [0.1, 0.15) is 40.5 Å². The van der Waals surface area contributed by atoms with Gasteiger partial charge in [0.05, 0.1) is 0 Å². The van der Waals surface area contributed by atoms with Gasteiger partial charge in [0.25, 0.3) is 5.91 Å². The minimum absolute atomic E-state index is 0.0627. The summed E-state index contributed by atoms with van der Waals surface area (Å²) in [5, 5.41) is 11.4. The Kier molecular flexibility index (Phi) is 4.30. The van der Waals surface area contributed by atoms with Crippen LogP contribution in [0.5, 0.6) is 0 Å². The van der Waals surface area contributed by atoms with Gasteiger partial charge in [0.1, 0.15) is 5.82 Å². The first-order valence-electron chi connectivity index (χ1n) is 6.67. The average molecular weight is 305 g/mol. The van der Waals surface area contributed by atoms with E-state index in [0.29, 0.717) is 6.54 Å². The van der Waals surface area contributed by atoms with E-state index in [4.69, 9.17) is 9.52 Å². The molecule has 116 valence electrons. The number of rotatable bonds is 5. The molecule has 1 aromatic heterocycles. The number of nitrogens with one attached hydrogen (secondary N) is 1. The van der Waals surface area contributed by atoms with Crippen LogP contribution in [-0.4, -0.2) is 23.5 Å². The van der Waals surface area contributed by atoms with Crippen LogP contribution in [0.25, 0.3) is 0 Å². The number of benzene rings is 1. The van der Waals surface area contributed by atoms with Gasteiger partial charge in [-0.05, 0) is 29.8 Å². The Labute approximate surface area is 126 Å². The lowest BCUT2D eigenvalue weighted by molar-refractivity contribution is 0.0659. The van der Waals surface area contributed by atoms with Crippen molar-refractivity contribution in [1.29, 1.82) is 0 Å². The van der Waals surface area contributed by atoms with E-state index < -0.39 is 17.3 Å². The van der Waals surface area contributed by atoms with Crippen LogP contribution in [0.3, 0.4) is 0 Å². The lowest BCUT2D eigenvalue weighted by atomic mass is 9.84. The van der Waals surface area contributed by atoms with Crippen LogP contribution >= 0.6 is 0 Å². The zero-order chi connectivity index (χ0) is 16.3. The largest absolute Gasteiger partial charge is 0.475 e. The summed E-state index contributed by atoms with van der Waals surface area (Å²) < 4.78 is 17.9. The second-order valence-electron chi connectivity index (χ2n) is 5.54. The predicted molar refractivity (Wildman–Crippen MR) is 77.4 cm³/mol. The number of hydrogen-bond acceptors (Lipinski definition) is 3. The molecule has 6 heteroatoms. The molecule has 0 radical (unpaired) electrons. The Hall–Kier alpha value is -2.63. The number of carboxylic acids is 1. The van der Waals surface area contributed by atoms with Crippen molar-refractivity contribution in [2.24, 2.45) is 0 Å². The Morgan fingerprint density at radius 2 is 1.73 bits per heavy atom. The SMILES string of the molecule is CC(C)(CNC(=O)c1ccc(C(=O)O)o1)c1ccc(F)cc1. The minimum atomic E-state index is -1.23. The molecule has 0 aliphatic carbocycles. The maximum absolute atomic E-state index is 12.9. The monoisotopic (exact) mass is 305 g/mol. The number of aromatic carboxylic acids is 1. The second kappa shape index (κ2) is 6.01. The molecular weight excluding hydrogens is 289 g/mol. The molecule has 2 rings (SSSR count). The molecule has 0 atom stereocenters. The van der Waals surface area contributed by atoms with Crippen molar-refractivity contribution in [1.82, 2.24) is 5.32 Å². The van der Waals surface area contributed by atoms with Crippen molar-refractivity contribution in [2.75, 3.05) is 6.54 Å². The molecular formula is C16H16FNO4. The molecule has 0 saturated heterocycles. The average Bonchev–Trinajstić information content (AvgIpc) is 2.95. The highest BCUT2D eigenvalue weighted by molar-refractivity contribution is 5.93. The van der Waals surface area contributed by atoms with Gasteiger partial charge in [0.2, 0.25) is 5.76 Å². The van der Waals surface area contributed by atoms with Crippen molar-refractivity contribution in [3.63, 3.8) is 0 Å². The minimum Gasteiger partial charge on any atom is -0.475 e. The molecule has 1 heterocycles. The Balaban J connectivity index is 2.02. The fourth-order valence-corrected chi connectivity index (χ4v) is 1.97. The zero-order valence-electron chi connectivity index (χ0n) is 12.2.